The number of ketones is 2. The molecular formula is C28H22O8. The van der Waals surface area contributed by atoms with E-state index >= 15 is 0 Å². The van der Waals surface area contributed by atoms with Crippen LogP contribution in [0.5, 0.6) is 28.7 Å². The van der Waals surface area contributed by atoms with Gasteiger partial charge < -0.3 is 28.1 Å². The zero-order chi connectivity index (χ0) is 25.2. The Morgan fingerprint density at radius 2 is 1.67 bits per heavy atom. The molecule has 1 aliphatic rings. The van der Waals surface area contributed by atoms with Crippen LogP contribution in [0.2, 0.25) is 0 Å². The Labute approximate surface area is 206 Å². The van der Waals surface area contributed by atoms with Gasteiger partial charge in [0.2, 0.25) is 17.3 Å². The first-order chi connectivity index (χ1) is 17.5. The quantitative estimate of drug-likeness (QED) is 0.244. The van der Waals surface area contributed by atoms with Gasteiger partial charge in [0.25, 0.3) is 0 Å². The first-order valence-corrected chi connectivity index (χ1v) is 11.0. The molecule has 3 aromatic carbocycles. The van der Waals surface area contributed by atoms with E-state index < -0.39 is 0 Å². The van der Waals surface area contributed by atoms with Gasteiger partial charge in [0.1, 0.15) is 17.1 Å². The number of hydrogen-bond donors (Lipinski definition) is 0. The van der Waals surface area contributed by atoms with Crippen LogP contribution in [0.4, 0.5) is 0 Å². The Hall–Kier alpha value is -4.72. The lowest BCUT2D eigenvalue weighted by Crippen LogP contribution is -2.10. The van der Waals surface area contributed by atoms with Crippen molar-refractivity contribution in [3.8, 4) is 28.7 Å². The maximum Gasteiger partial charge on any atom is 0.235 e. The monoisotopic (exact) mass is 486 g/mol. The predicted molar refractivity (Wildman–Crippen MR) is 132 cm³/mol. The highest BCUT2D eigenvalue weighted by Gasteiger charge is 2.28. The summed E-state index contributed by atoms with van der Waals surface area (Å²) in [4.78, 5) is 25.4. The number of ether oxygens (including phenoxy) is 5. The van der Waals surface area contributed by atoms with Crippen molar-refractivity contribution in [2.24, 2.45) is 0 Å². The molecule has 2 heterocycles. The number of hydrogen-bond acceptors (Lipinski definition) is 8. The number of methoxy groups -OCH3 is 3. The lowest BCUT2D eigenvalue weighted by atomic mass is 10.1. The first kappa shape index (κ1) is 23.0. The van der Waals surface area contributed by atoms with Crippen LogP contribution in [0.1, 0.15) is 26.5 Å². The van der Waals surface area contributed by atoms with Gasteiger partial charge in [-0.1, -0.05) is 18.2 Å². The van der Waals surface area contributed by atoms with E-state index in [1.54, 1.807) is 48.5 Å². The Bertz CT molecular complexity index is 1450. The Morgan fingerprint density at radius 1 is 0.917 bits per heavy atom. The fourth-order valence-corrected chi connectivity index (χ4v) is 3.93. The number of fused-ring (bicyclic) bond motifs is 2. The maximum absolute atomic E-state index is 12.9. The van der Waals surface area contributed by atoms with Crippen LogP contribution in [0.15, 0.2) is 70.8 Å². The molecule has 8 nitrogen and oxygen atoms in total. The van der Waals surface area contributed by atoms with Crippen molar-refractivity contribution >= 4 is 28.6 Å². The second-order valence-electron chi connectivity index (χ2n) is 7.92. The van der Waals surface area contributed by atoms with E-state index in [1.807, 2.05) is 18.2 Å². The third-order valence-electron chi connectivity index (χ3n) is 5.70. The molecule has 1 aromatic heterocycles. The van der Waals surface area contributed by atoms with Crippen molar-refractivity contribution in [3.63, 3.8) is 0 Å². The average molecular weight is 486 g/mol. The van der Waals surface area contributed by atoms with Crippen LogP contribution >= 0.6 is 0 Å². The first-order valence-electron chi connectivity index (χ1n) is 11.0. The molecule has 0 unspecified atom stereocenters. The predicted octanol–water partition coefficient (Wildman–Crippen LogP) is 5.34. The van der Waals surface area contributed by atoms with Crippen molar-refractivity contribution in [2.75, 3.05) is 27.9 Å². The van der Waals surface area contributed by atoms with Crippen molar-refractivity contribution in [1.29, 1.82) is 0 Å². The van der Waals surface area contributed by atoms with Crippen LogP contribution < -0.4 is 23.7 Å². The molecule has 0 spiro atoms. The van der Waals surface area contributed by atoms with E-state index in [9.17, 15) is 9.59 Å². The number of benzene rings is 3. The van der Waals surface area contributed by atoms with Gasteiger partial charge in [-0.25, -0.2) is 0 Å². The van der Waals surface area contributed by atoms with E-state index in [1.165, 1.54) is 21.3 Å². The molecule has 0 saturated carbocycles. The van der Waals surface area contributed by atoms with Gasteiger partial charge in [0, 0.05) is 11.5 Å². The summed E-state index contributed by atoms with van der Waals surface area (Å²) in [7, 11) is 4.55. The van der Waals surface area contributed by atoms with E-state index in [2.05, 4.69) is 0 Å². The minimum absolute atomic E-state index is 0.134. The minimum atomic E-state index is -0.299. The maximum atomic E-state index is 12.9. The van der Waals surface area contributed by atoms with E-state index in [0.717, 1.165) is 5.39 Å². The summed E-state index contributed by atoms with van der Waals surface area (Å²) in [6.07, 6.45) is 1.60. The van der Waals surface area contributed by atoms with Crippen molar-refractivity contribution in [2.45, 2.75) is 0 Å². The number of rotatable bonds is 8. The molecule has 1 aliphatic heterocycles. The minimum Gasteiger partial charge on any atom is -0.493 e. The number of para-hydroxylation sites is 1. The summed E-state index contributed by atoms with van der Waals surface area (Å²) >= 11 is 0. The zero-order valence-corrected chi connectivity index (χ0v) is 19.8. The summed E-state index contributed by atoms with van der Waals surface area (Å²) < 4.78 is 33.1. The van der Waals surface area contributed by atoms with Gasteiger partial charge in [-0.15, -0.1) is 0 Å². The van der Waals surface area contributed by atoms with Crippen LogP contribution in [-0.4, -0.2) is 39.5 Å². The summed E-state index contributed by atoms with van der Waals surface area (Å²) in [5, 5.41) is 0.844. The SMILES string of the molecule is COc1cc(/C=C2\Oc3cc(OCC(=O)c4cc5ccccc5o4)ccc3C2=O)cc(OC)c1OC. The van der Waals surface area contributed by atoms with Crippen LogP contribution in [0.25, 0.3) is 17.0 Å². The third-order valence-corrected chi connectivity index (χ3v) is 5.70. The van der Waals surface area contributed by atoms with Crippen molar-refractivity contribution < 1.29 is 37.7 Å². The standard InChI is InChI=1S/C28H22O8/c1-31-25-11-16(12-26(32-2)28(25)33-3)10-24-27(30)19-9-8-18(14-22(19)36-24)34-15-20(29)23-13-17-6-4-5-7-21(17)35-23/h4-14H,15H2,1-3H3/b24-10-. The summed E-state index contributed by atoms with van der Waals surface area (Å²) in [6.45, 7) is -0.222. The molecule has 8 heteroatoms. The van der Waals surface area contributed by atoms with Gasteiger partial charge >= 0.3 is 0 Å². The van der Waals surface area contributed by atoms with Gasteiger partial charge in [0.15, 0.2) is 29.6 Å². The molecule has 0 amide bonds. The Morgan fingerprint density at radius 3 is 2.36 bits per heavy atom. The van der Waals surface area contributed by atoms with Crippen LogP contribution in [-0.2, 0) is 0 Å². The van der Waals surface area contributed by atoms with Gasteiger partial charge in [-0.05, 0) is 48.0 Å². The average Bonchev–Trinajstić information content (AvgIpc) is 3.47. The Kier molecular flexibility index (Phi) is 6.08. The number of carbonyl (C=O) groups excluding carboxylic acids is 2. The third kappa shape index (κ3) is 4.24. The number of allylic oxidation sites excluding steroid dienone is 1. The van der Waals surface area contributed by atoms with Crippen molar-refractivity contribution in [3.05, 3.63) is 83.3 Å². The van der Waals surface area contributed by atoms with Gasteiger partial charge in [-0.2, -0.15) is 0 Å². The number of carbonyl (C=O) groups is 2. The summed E-state index contributed by atoms with van der Waals surface area (Å²) in [5.41, 5.74) is 1.66. The summed E-state index contributed by atoms with van der Waals surface area (Å²) in [6, 6.07) is 17.3. The lowest BCUT2D eigenvalue weighted by molar-refractivity contribution is 0.0895. The van der Waals surface area contributed by atoms with Gasteiger partial charge in [0.05, 0.1) is 26.9 Å². The van der Waals surface area contributed by atoms with E-state index in [0.29, 0.717) is 45.5 Å². The fourth-order valence-electron chi connectivity index (χ4n) is 3.93. The highest BCUT2D eigenvalue weighted by molar-refractivity contribution is 6.14. The molecule has 5 rings (SSSR count). The van der Waals surface area contributed by atoms with Crippen LogP contribution in [0.3, 0.4) is 0 Å². The summed E-state index contributed by atoms with van der Waals surface area (Å²) in [5.74, 6) is 1.87. The second kappa shape index (κ2) is 9.50. The molecule has 0 N–H and O–H groups in total. The van der Waals surface area contributed by atoms with Crippen LogP contribution in [0, 0.1) is 0 Å². The molecule has 182 valence electrons. The smallest absolute Gasteiger partial charge is 0.235 e. The molecule has 36 heavy (non-hydrogen) atoms. The van der Waals surface area contributed by atoms with E-state index in [4.69, 9.17) is 28.1 Å². The largest absolute Gasteiger partial charge is 0.493 e. The molecule has 0 atom stereocenters. The van der Waals surface area contributed by atoms with Gasteiger partial charge in [-0.3, -0.25) is 9.59 Å². The molecule has 0 saturated heterocycles. The molecule has 0 aliphatic carbocycles. The normalized spacial score (nSPS) is 13.4. The molecule has 0 fully saturated rings. The topological polar surface area (TPSA) is 93.4 Å². The molecule has 0 radical (unpaired) electrons. The number of Topliss-reactive ketones (excluding diaryl/α,β-unsaturated/α-hetero) is 2. The Balaban J connectivity index is 1.32. The van der Waals surface area contributed by atoms with E-state index in [-0.39, 0.29) is 29.7 Å². The lowest BCUT2D eigenvalue weighted by Gasteiger charge is -2.13. The zero-order valence-electron chi connectivity index (χ0n) is 19.8. The molecule has 0 bridgehead atoms. The highest BCUT2D eigenvalue weighted by Crippen LogP contribution is 2.40. The van der Waals surface area contributed by atoms with Crippen molar-refractivity contribution in [1.82, 2.24) is 0 Å². The highest BCUT2D eigenvalue weighted by atomic mass is 16.5. The fraction of sp³-hybridized carbons (Fsp3) is 0.143. The molecular weight excluding hydrogens is 464 g/mol. The second-order valence-corrected chi connectivity index (χ2v) is 7.92. The molecule has 4 aromatic rings. The number of furan rings is 1.